The zero-order chi connectivity index (χ0) is 27.5. The molecule has 7 heteroatoms. The highest BCUT2D eigenvalue weighted by Crippen LogP contribution is 2.28. The van der Waals surface area contributed by atoms with Gasteiger partial charge in [-0.2, -0.15) is 0 Å². The number of nitrogens with zero attached hydrogens (tertiary/aromatic N) is 4. The summed E-state index contributed by atoms with van der Waals surface area (Å²) in [6.07, 6.45) is 1.03. The Balaban J connectivity index is 1.25. The van der Waals surface area contributed by atoms with Crippen LogP contribution in [0.1, 0.15) is 33.9 Å². The number of ketones is 1. The Hall–Kier alpha value is -4.39. The minimum absolute atomic E-state index is 0.389. The van der Waals surface area contributed by atoms with Gasteiger partial charge in [0, 0.05) is 61.6 Å². The van der Waals surface area contributed by atoms with Crippen LogP contribution in [-0.2, 0) is 11.8 Å². The third kappa shape index (κ3) is 5.72. The third-order valence-electron chi connectivity index (χ3n) is 7.37. The van der Waals surface area contributed by atoms with Gasteiger partial charge in [-0.1, -0.05) is 30.3 Å². The van der Waals surface area contributed by atoms with Crippen molar-refractivity contribution in [1.82, 2.24) is 9.55 Å². The van der Waals surface area contributed by atoms with Crippen molar-refractivity contribution >= 4 is 28.9 Å². The van der Waals surface area contributed by atoms with Gasteiger partial charge in [-0.15, -0.1) is 0 Å². The van der Waals surface area contributed by atoms with Crippen LogP contribution in [0.2, 0.25) is 0 Å². The molecule has 39 heavy (non-hydrogen) atoms. The Kier molecular flexibility index (Phi) is 7.50. The molecule has 1 amide bonds. The first-order valence-electron chi connectivity index (χ1n) is 13.4. The maximum absolute atomic E-state index is 13.3. The number of aromatic nitrogens is 2. The number of amides is 1. The molecular formula is C32H35N5O2. The van der Waals surface area contributed by atoms with E-state index in [2.05, 4.69) is 34.2 Å². The van der Waals surface area contributed by atoms with Crippen LogP contribution < -0.4 is 15.1 Å². The molecule has 1 aliphatic heterocycles. The van der Waals surface area contributed by atoms with Crippen LogP contribution in [0.3, 0.4) is 0 Å². The van der Waals surface area contributed by atoms with Crippen LogP contribution in [0.5, 0.6) is 0 Å². The molecule has 3 heterocycles. The number of hydrogen-bond donors (Lipinski definition) is 1. The molecule has 0 atom stereocenters. The van der Waals surface area contributed by atoms with E-state index < -0.39 is 11.7 Å². The molecule has 0 unspecified atom stereocenters. The van der Waals surface area contributed by atoms with Crippen LogP contribution in [0, 0.1) is 20.8 Å². The van der Waals surface area contributed by atoms with Crippen molar-refractivity contribution in [3.8, 4) is 11.1 Å². The average molecular weight is 522 g/mol. The molecule has 1 saturated heterocycles. The van der Waals surface area contributed by atoms with Crippen LogP contribution in [0.4, 0.5) is 17.2 Å². The molecule has 200 valence electrons. The van der Waals surface area contributed by atoms with Gasteiger partial charge in [-0.05, 0) is 80.8 Å². The number of Topliss-reactive ketones (excluding diaryl/α,β-unsaturated/α-hetero) is 1. The van der Waals surface area contributed by atoms with Gasteiger partial charge >= 0.3 is 0 Å². The molecule has 2 aromatic heterocycles. The Labute approximate surface area is 230 Å². The number of aryl methyl sites for hydroxylation is 3. The molecule has 2 aromatic carbocycles. The van der Waals surface area contributed by atoms with Crippen molar-refractivity contribution in [3.05, 3.63) is 95.4 Å². The summed E-state index contributed by atoms with van der Waals surface area (Å²) in [7, 11) is 1.82. The number of pyridine rings is 1. The highest BCUT2D eigenvalue weighted by molar-refractivity contribution is 6.47. The van der Waals surface area contributed by atoms with E-state index in [1.807, 2.05) is 81.6 Å². The molecular weight excluding hydrogens is 486 g/mol. The number of anilines is 3. The second kappa shape index (κ2) is 11.2. The summed E-state index contributed by atoms with van der Waals surface area (Å²) in [5.74, 6) is -0.158. The summed E-state index contributed by atoms with van der Waals surface area (Å²) in [5.41, 5.74) is 6.94. The van der Waals surface area contributed by atoms with E-state index >= 15 is 0 Å². The van der Waals surface area contributed by atoms with Crippen molar-refractivity contribution < 1.29 is 9.59 Å². The van der Waals surface area contributed by atoms with Gasteiger partial charge in [0.25, 0.3) is 11.7 Å². The number of hydrogen-bond acceptors (Lipinski definition) is 5. The van der Waals surface area contributed by atoms with Crippen LogP contribution in [-0.4, -0.2) is 47.4 Å². The SMILES string of the molecule is Cc1cc(C)nc(N2CCCN(c3ccc(NC(=O)C(=O)c4c(-c5ccccc5)cc(C)n4C)cc3)CC2)c1. The summed E-state index contributed by atoms with van der Waals surface area (Å²) in [6, 6.07) is 23.6. The summed E-state index contributed by atoms with van der Waals surface area (Å²) >= 11 is 0. The number of rotatable bonds is 6. The van der Waals surface area contributed by atoms with Gasteiger partial charge in [-0.25, -0.2) is 4.98 Å². The highest BCUT2D eigenvalue weighted by Gasteiger charge is 2.25. The van der Waals surface area contributed by atoms with Gasteiger partial charge in [0.1, 0.15) is 11.5 Å². The van der Waals surface area contributed by atoms with Crippen molar-refractivity contribution in [1.29, 1.82) is 0 Å². The number of carbonyl (C=O) groups is 2. The molecule has 1 N–H and O–H groups in total. The maximum atomic E-state index is 13.3. The smallest absolute Gasteiger partial charge is 0.298 e. The first kappa shape index (κ1) is 26.2. The van der Waals surface area contributed by atoms with Gasteiger partial charge in [0.05, 0.1) is 0 Å². The minimum Gasteiger partial charge on any atom is -0.370 e. The third-order valence-corrected chi connectivity index (χ3v) is 7.37. The van der Waals surface area contributed by atoms with Crippen molar-refractivity contribution in [2.24, 2.45) is 7.05 Å². The first-order valence-corrected chi connectivity index (χ1v) is 13.4. The summed E-state index contributed by atoms with van der Waals surface area (Å²) in [6.45, 7) is 9.76. The molecule has 0 spiro atoms. The summed E-state index contributed by atoms with van der Waals surface area (Å²) in [4.78, 5) is 35.7. The van der Waals surface area contributed by atoms with Crippen molar-refractivity contribution in [2.45, 2.75) is 27.2 Å². The summed E-state index contributed by atoms with van der Waals surface area (Å²) in [5, 5.41) is 2.80. The second-order valence-corrected chi connectivity index (χ2v) is 10.3. The van der Waals surface area contributed by atoms with E-state index in [9.17, 15) is 9.59 Å². The van der Waals surface area contributed by atoms with E-state index in [4.69, 9.17) is 4.98 Å². The zero-order valence-electron chi connectivity index (χ0n) is 23.1. The molecule has 1 fully saturated rings. The molecule has 0 bridgehead atoms. The Morgan fingerprint density at radius 3 is 2.23 bits per heavy atom. The lowest BCUT2D eigenvalue weighted by molar-refractivity contribution is -0.112. The van der Waals surface area contributed by atoms with Gasteiger partial charge in [0.15, 0.2) is 0 Å². The fraction of sp³-hybridized carbons (Fsp3) is 0.281. The van der Waals surface area contributed by atoms with Crippen molar-refractivity contribution in [2.75, 3.05) is 41.3 Å². The van der Waals surface area contributed by atoms with Gasteiger partial charge in [0.2, 0.25) is 0 Å². The predicted molar refractivity (Wildman–Crippen MR) is 158 cm³/mol. The van der Waals surface area contributed by atoms with Crippen LogP contribution in [0.15, 0.2) is 72.8 Å². The largest absolute Gasteiger partial charge is 0.370 e. The summed E-state index contributed by atoms with van der Waals surface area (Å²) < 4.78 is 1.78. The first-order chi connectivity index (χ1) is 18.8. The quantitative estimate of drug-likeness (QED) is 0.266. The maximum Gasteiger partial charge on any atom is 0.298 e. The van der Waals surface area contributed by atoms with E-state index in [1.165, 1.54) is 5.56 Å². The fourth-order valence-electron chi connectivity index (χ4n) is 5.28. The normalized spacial score (nSPS) is 13.7. The average Bonchev–Trinajstić information content (AvgIpc) is 3.08. The van der Waals surface area contributed by atoms with Gasteiger partial charge in [-0.3, -0.25) is 9.59 Å². The van der Waals surface area contributed by atoms with E-state index in [1.54, 1.807) is 4.57 Å². The minimum atomic E-state index is -0.646. The van der Waals surface area contributed by atoms with Gasteiger partial charge < -0.3 is 19.7 Å². The standard InChI is InChI=1S/C32H35N5O2/c1-22-19-23(2)33-29(20-22)37-16-8-15-36(17-18-37)27-13-11-26(12-14-27)34-32(39)31(38)30-28(21-24(3)35(30)4)25-9-6-5-7-10-25/h5-7,9-14,19-21H,8,15-18H2,1-4H3,(H,34,39). The lowest BCUT2D eigenvalue weighted by atomic mass is 10.0. The fourth-order valence-corrected chi connectivity index (χ4v) is 5.28. The van der Waals surface area contributed by atoms with E-state index in [0.717, 1.165) is 66.6 Å². The molecule has 0 radical (unpaired) electrons. The van der Waals surface area contributed by atoms with E-state index in [0.29, 0.717) is 11.4 Å². The topological polar surface area (TPSA) is 70.5 Å². The lowest BCUT2D eigenvalue weighted by Crippen LogP contribution is -2.31. The van der Waals surface area contributed by atoms with Crippen LogP contribution in [0.25, 0.3) is 11.1 Å². The number of benzene rings is 2. The molecule has 0 aliphatic carbocycles. The Morgan fingerprint density at radius 1 is 0.821 bits per heavy atom. The lowest BCUT2D eigenvalue weighted by Gasteiger charge is -2.24. The second-order valence-electron chi connectivity index (χ2n) is 10.3. The molecule has 1 aliphatic rings. The van der Waals surface area contributed by atoms with Crippen LogP contribution >= 0.6 is 0 Å². The highest BCUT2D eigenvalue weighted by atomic mass is 16.2. The monoisotopic (exact) mass is 521 g/mol. The predicted octanol–water partition coefficient (Wildman–Crippen LogP) is 5.55. The number of nitrogens with one attached hydrogen (secondary N) is 1. The molecule has 5 rings (SSSR count). The molecule has 4 aromatic rings. The van der Waals surface area contributed by atoms with Crippen molar-refractivity contribution in [3.63, 3.8) is 0 Å². The van der Waals surface area contributed by atoms with E-state index in [-0.39, 0.29) is 0 Å². The molecule has 7 nitrogen and oxygen atoms in total. The Bertz CT molecular complexity index is 1470. The zero-order valence-corrected chi connectivity index (χ0v) is 23.1. The number of carbonyl (C=O) groups excluding carboxylic acids is 2. The molecule has 0 saturated carbocycles. The Morgan fingerprint density at radius 2 is 1.51 bits per heavy atom.